The van der Waals surface area contributed by atoms with Crippen molar-refractivity contribution in [3.63, 3.8) is 0 Å². The summed E-state index contributed by atoms with van der Waals surface area (Å²) >= 11 is 0. The van der Waals surface area contributed by atoms with E-state index < -0.39 is 0 Å². The monoisotopic (exact) mass is 248 g/mol. The SMILES string of the molecule is CCNC(Cc1ccccc1[N+](=O)[O-])CC1CC1. The number of benzene rings is 1. The van der Waals surface area contributed by atoms with Crippen LogP contribution in [0, 0.1) is 16.0 Å². The van der Waals surface area contributed by atoms with Crippen molar-refractivity contribution in [3.8, 4) is 0 Å². The van der Waals surface area contributed by atoms with Gasteiger partial charge in [-0.3, -0.25) is 10.1 Å². The van der Waals surface area contributed by atoms with Crippen molar-refractivity contribution in [1.82, 2.24) is 5.32 Å². The zero-order chi connectivity index (χ0) is 13.0. The van der Waals surface area contributed by atoms with Crippen molar-refractivity contribution < 1.29 is 4.92 Å². The molecule has 1 saturated carbocycles. The molecule has 1 N–H and O–H groups in total. The van der Waals surface area contributed by atoms with Gasteiger partial charge in [-0.2, -0.15) is 0 Å². The van der Waals surface area contributed by atoms with Crippen LogP contribution in [-0.2, 0) is 6.42 Å². The van der Waals surface area contributed by atoms with Crippen molar-refractivity contribution in [3.05, 3.63) is 39.9 Å². The molecule has 2 rings (SSSR count). The van der Waals surface area contributed by atoms with Crippen molar-refractivity contribution >= 4 is 5.69 Å². The van der Waals surface area contributed by atoms with Crippen LogP contribution in [0.4, 0.5) is 5.69 Å². The third-order valence-electron chi connectivity index (χ3n) is 3.46. The molecule has 18 heavy (non-hydrogen) atoms. The van der Waals surface area contributed by atoms with Gasteiger partial charge in [-0.05, 0) is 25.3 Å². The molecule has 0 aromatic heterocycles. The predicted molar refractivity (Wildman–Crippen MR) is 71.6 cm³/mol. The third kappa shape index (κ3) is 3.53. The Bertz CT molecular complexity index is 416. The van der Waals surface area contributed by atoms with Gasteiger partial charge in [0.1, 0.15) is 0 Å². The third-order valence-corrected chi connectivity index (χ3v) is 3.46. The number of rotatable bonds is 7. The highest BCUT2D eigenvalue weighted by Crippen LogP contribution is 2.34. The van der Waals surface area contributed by atoms with Crippen LogP contribution in [0.25, 0.3) is 0 Å². The minimum atomic E-state index is -0.282. The Hall–Kier alpha value is -1.42. The molecule has 1 unspecified atom stereocenters. The first-order chi connectivity index (χ1) is 8.70. The molecule has 0 amide bonds. The number of hydrogen-bond donors (Lipinski definition) is 1. The number of likely N-dealkylation sites (N-methyl/N-ethyl adjacent to an activating group) is 1. The Morgan fingerprint density at radius 2 is 2.17 bits per heavy atom. The Kier molecular flexibility index (Phi) is 4.31. The number of nitro groups is 1. The first-order valence-corrected chi connectivity index (χ1v) is 6.66. The highest BCUT2D eigenvalue weighted by atomic mass is 16.6. The summed E-state index contributed by atoms with van der Waals surface area (Å²) in [4.78, 5) is 10.7. The van der Waals surface area contributed by atoms with E-state index in [1.807, 2.05) is 12.1 Å². The molecule has 1 aliphatic carbocycles. The largest absolute Gasteiger partial charge is 0.314 e. The van der Waals surface area contributed by atoms with Gasteiger partial charge < -0.3 is 5.32 Å². The molecule has 1 aromatic rings. The Morgan fingerprint density at radius 3 is 2.78 bits per heavy atom. The van der Waals surface area contributed by atoms with Crippen LogP contribution in [0.15, 0.2) is 24.3 Å². The second-order valence-corrected chi connectivity index (χ2v) is 5.02. The van der Waals surface area contributed by atoms with Gasteiger partial charge in [-0.15, -0.1) is 0 Å². The molecule has 0 spiro atoms. The van der Waals surface area contributed by atoms with Crippen molar-refractivity contribution in [2.24, 2.45) is 5.92 Å². The smallest absolute Gasteiger partial charge is 0.272 e. The molecule has 98 valence electrons. The minimum Gasteiger partial charge on any atom is -0.314 e. The number of para-hydroxylation sites is 1. The van der Waals surface area contributed by atoms with E-state index in [9.17, 15) is 10.1 Å². The van der Waals surface area contributed by atoms with Crippen LogP contribution in [0.5, 0.6) is 0 Å². The summed E-state index contributed by atoms with van der Waals surface area (Å²) in [5.74, 6) is 0.830. The molecule has 4 heteroatoms. The quantitative estimate of drug-likeness (QED) is 0.596. The van der Waals surface area contributed by atoms with Gasteiger partial charge in [0.2, 0.25) is 0 Å². The fourth-order valence-electron chi connectivity index (χ4n) is 2.41. The van der Waals surface area contributed by atoms with Gasteiger partial charge in [-0.1, -0.05) is 38.0 Å². The molecule has 1 aromatic carbocycles. The van der Waals surface area contributed by atoms with Crippen LogP contribution < -0.4 is 5.32 Å². The fourth-order valence-corrected chi connectivity index (χ4v) is 2.41. The second kappa shape index (κ2) is 5.96. The zero-order valence-corrected chi connectivity index (χ0v) is 10.8. The summed E-state index contributed by atoms with van der Waals surface area (Å²) in [5, 5.41) is 14.4. The second-order valence-electron chi connectivity index (χ2n) is 5.02. The summed E-state index contributed by atoms with van der Waals surface area (Å²) in [5.41, 5.74) is 1.09. The molecule has 1 atom stereocenters. The van der Waals surface area contributed by atoms with Crippen LogP contribution in [0.3, 0.4) is 0 Å². The van der Waals surface area contributed by atoms with E-state index in [1.165, 1.54) is 12.8 Å². The Balaban J connectivity index is 2.06. The lowest BCUT2D eigenvalue weighted by Crippen LogP contribution is -2.31. The maximum atomic E-state index is 11.0. The van der Waals surface area contributed by atoms with E-state index in [1.54, 1.807) is 12.1 Å². The summed E-state index contributed by atoms with van der Waals surface area (Å²) in [6.45, 7) is 3.00. The van der Waals surface area contributed by atoms with Crippen molar-refractivity contribution in [2.45, 2.75) is 38.6 Å². The highest BCUT2D eigenvalue weighted by Gasteiger charge is 2.26. The minimum absolute atomic E-state index is 0.246. The molecule has 1 fully saturated rings. The van der Waals surface area contributed by atoms with Crippen LogP contribution in [-0.4, -0.2) is 17.5 Å². The van der Waals surface area contributed by atoms with Crippen LogP contribution >= 0.6 is 0 Å². The molecule has 0 radical (unpaired) electrons. The fraction of sp³-hybridized carbons (Fsp3) is 0.571. The van der Waals surface area contributed by atoms with E-state index in [4.69, 9.17) is 0 Å². The van der Waals surface area contributed by atoms with E-state index in [2.05, 4.69) is 12.2 Å². The molecule has 0 saturated heterocycles. The number of hydrogen-bond acceptors (Lipinski definition) is 3. The first kappa shape index (κ1) is 13.0. The summed E-state index contributed by atoms with van der Waals surface area (Å²) in [6.07, 6.45) is 4.53. The first-order valence-electron chi connectivity index (χ1n) is 6.66. The topological polar surface area (TPSA) is 55.2 Å². The van der Waals surface area contributed by atoms with E-state index in [0.29, 0.717) is 6.04 Å². The molecule has 1 aliphatic rings. The van der Waals surface area contributed by atoms with Crippen LogP contribution in [0.2, 0.25) is 0 Å². The highest BCUT2D eigenvalue weighted by molar-refractivity contribution is 5.40. The average molecular weight is 248 g/mol. The van der Waals surface area contributed by atoms with Crippen molar-refractivity contribution in [1.29, 1.82) is 0 Å². The summed E-state index contributed by atoms with van der Waals surface area (Å²) in [6, 6.07) is 7.43. The zero-order valence-electron chi connectivity index (χ0n) is 10.8. The van der Waals surface area contributed by atoms with Gasteiger partial charge in [0, 0.05) is 17.7 Å². The summed E-state index contributed by atoms with van der Waals surface area (Å²) in [7, 11) is 0. The lowest BCUT2D eigenvalue weighted by Gasteiger charge is -2.17. The molecule has 0 aliphatic heterocycles. The summed E-state index contributed by atoms with van der Waals surface area (Å²) < 4.78 is 0. The van der Waals surface area contributed by atoms with Gasteiger partial charge in [-0.25, -0.2) is 0 Å². The van der Waals surface area contributed by atoms with E-state index in [-0.39, 0.29) is 10.6 Å². The lowest BCUT2D eigenvalue weighted by atomic mass is 9.99. The van der Waals surface area contributed by atoms with Crippen molar-refractivity contribution in [2.75, 3.05) is 6.54 Å². The van der Waals surface area contributed by atoms with Gasteiger partial charge in [0.25, 0.3) is 5.69 Å². The number of nitrogens with zero attached hydrogens (tertiary/aromatic N) is 1. The standard InChI is InChI=1S/C14H20N2O2/c1-2-15-13(9-11-7-8-11)10-12-5-3-4-6-14(12)16(17)18/h3-6,11,13,15H,2,7-10H2,1H3. The molecule has 0 bridgehead atoms. The van der Waals surface area contributed by atoms with E-state index >= 15 is 0 Å². The predicted octanol–water partition coefficient (Wildman–Crippen LogP) is 2.92. The normalized spacial score (nSPS) is 16.5. The Labute approximate surface area is 108 Å². The van der Waals surface area contributed by atoms with Gasteiger partial charge >= 0.3 is 0 Å². The van der Waals surface area contributed by atoms with Crippen LogP contribution in [0.1, 0.15) is 31.7 Å². The van der Waals surface area contributed by atoms with Gasteiger partial charge in [0.15, 0.2) is 0 Å². The number of nitrogens with one attached hydrogen (secondary N) is 1. The maximum Gasteiger partial charge on any atom is 0.272 e. The molecule has 4 nitrogen and oxygen atoms in total. The van der Waals surface area contributed by atoms with Gasteiger partial charge in [0.05, 0.1) is 4.92 Å². The Morgan fingerprint density at radius 1 is 1.44 bits per heavy atom. The number of nitro benzene ring substituents is 1. The van der Waals surface area contributed by atoms with E-state index in [0.717, 1.165) is 30.9 Å². The maximum absolute atomic E-state index is 11.0. The molecular formula is C14H20N2O2. The lowest BCUT2D eigenvalue weighted by molar-refractivity contribution is -0.385. The molecule has 0 heterocycles. The molecular weight excluding hydrogens is 228 g/mol. The average Bonchev–Trinajstić information content (AvgIpc) is 3.13.